The molecule has 0 aliphatic heterocycles. The minimum Gasteiger partial charge on any atom is -0.469 e. The highest BCUT2D eigenvalue weighted by Crippen LogP contribution is 2.37. The summed E-state index contributed by atoms with van der Waals surface area (Å²) in [6.45, 7) is 6.91. The largest absolute Gasteiger partial charge is 0.469 e. The summed E-state index contributed by atoms with van der Waals surface area (Å²) < 4.78 is 10.2. The molecule has 0 radical (unpaired) electrons. The number of carbonyl (C=O) groups excluding carboxylic acids is 1. The molecule has 0 aromatic heterocycles. The number of benzene rings is 1. The van der Waals surface area contributed by atoms with Crippen LogP contribution in [0.4, 0.5) is 11.4 Å². The van der Waals surface area contributed by atoms with E-state index in [0.717, 1.165) is 37.8 Å². The van der Waals surface area contributed by atoms with Crippen molar-refractivity contribution >= 4 is 17.3 Å². The van der Waals surface area contributed by atoms with Gasteiger partial charge in [0.15, 0.2) is 0 Å². The second-order valence-corrected chi connectivity index (χ2v) is 8.40. The topological polar surface area (TPSA) is 81.9 Å². The number of esters is 1. The standard InChI is InChI=1S/C22H34N2O5/c1-15(2)14-23(18-7-9-19(28-4)10-8-18)20-11-6-17(13-21(20)24(26)27)16(3)12-22(25)29-5/h6,11,13,15-16,18-19H,7-10,12,14H2,1-5H3. The minimum absolute atomic E-state index is 0.105. The summed E-state index contributed by atoms with van der Waals surface area (Å²) >= 11 is 0. The Bertz CT molecular complexity index is 698. The number of rotatable bonds is 9. The zero-order valence-corrected chi connectivity index (χ0v) is 18.2. The van der Waals surface area contributed by atoms with Crippen LogP contribution in [0.5, 0.6) is 0 Å². The maximum Gasteiger partial charge on any atom is 0.306 e. The molecule has 0 saturated heterocycles. The lowest BCUT2D eigenvalue weighted by Gasteiger charge is -2.39. The van der Waals surface area contributed by atoms with Crippen LogP contribution < -0.4 is 4.90 Å². The van der Waals surface area contributed by atoms with Crippen LogP contribution in [0.1, 0.15) is 64.4 Å². The Kier molecular flexibility index (Phi) is 8.44. The second-order valence-electron chi connectivity index (χ2n) is 8.40. The highest BCUT2D eigenvalue weighted by atomic mass is 16.6. The van der Waals surface area contributed by atoms with Crippen molar-refractivity contribution in [2.24, 2.45) is 5.92 Å². The predicted octanol–water partition coefficient (Wildman–Crippen LogP) is 4.68. The van der Waals surface area contributed by atoms with Gasteiger partial charge in [-0.2, -0.15) is 0 Å². The first kappa shape index (κ1) is 23.1. The maximum absolute atomic E-state index is 11.9. The molecule has 0 bridgehead atoms. The number of carbonyl (C=O) groups is 1. The third-order valence-corrected chi connectivity index (χ3v) is 5.75. The van der Waals surface area contributed by atoms with E-state index in [4.69, 9.17) is 9.47 Å². The van der Waals surface area contributed by atoms with Gasteiger partial charge in [-0.05, 0) is 49.1 Å². The zero-order valence-electron chi connectivity index (χ0n) is 18.2. The van der Waals surface area contributed by atoms with Gasteiger partial charge in [-0.3, -0.25) is 14.9 Å². The van der Waals surface area contributed by atoms with Gasteiger partial charge in [0.1, 0.15) is 5.69 Å². The lowest BCUT2D eigenvalue weighted by atomic mass is 9.90. The third-order valence-electron chi connectivity index (χ3n) is 5.75. The Morgan fingerprint density at radius 2 is 1.86 bits per heavy atom. The summed E-state index contributed by atoms with van der Waals surface area (Å²) in [6.07, 6.45) is 4.34. The van der Waals surface area contributed by atoms with E-state index in [1.807, 2.05) is 19.1 Å². The molecule has 0 amide bonds. The smallest absolute Gasteiger partial charge is 0.306 e. The summed E-state index contributed by atoms with van der Waals surface area (Å²) in [5.41, 5.74) is 1.55. The molecule has 1 atom stereocenters. The number of nitrogens with zero attached hydrogens (tertiary/aromatic N) is 2. The summed E-state index contributed by atoms with van der Waals surface area (Å²) in [5.74, 6) is -0.0841. The highest BCUT2D eigenvalue weighted by Gasteiger charge is 2.30. The number of nitro benzene ring substituents is 1. The summed E-state index contributed by atoms with van der Waals surface area (Å²) in [6, 6.07) is 5.65. The quantitative estimate of drug-likeness (QED) is 0.336. The summed E-state index contributed by atoms with van der Waals surface area (Å²) in [4.78, 5) is 25.4. The van der Waals surface area contributed by atoms with Crippen molar-refractivity contribution in [2.45, 2.75) is 70.9 Å². The fraction of sp³-hybridized carbons (Fsp3) is 0.682. The molecule has 0 N–H and O–H groups in total. The van der Waals surface area contributed by atoms with Gasteiger partial charge in [0.2, 0.25) is 0 Å². The Labute approximate surface area is 173 Å². The van der Waals surface area contributed by atoms with Crippen molar-refractivity contribution < 1.29 is 19.2 Å². The molecular weight excluding hydrogens is 372 g/mol. The van der Waals surface area contributed by atoms with Crippen LogP contribution >= 0.6 is 0 Å². The minimum atomic E-state index is -0.319. The number of anilines is 1. The number of methoxy groups -OCH3 is 2. The molecule has 1 aliphatic carbocycles. The number of nitro groups is 1. The molecule has 1 fully saturated rings. The molecule has 7 heteroatoms. The Hall–Kier alpha value is -2.15. The average Bonchev–Trinajstić information content (AvgIpc) is 2.71. The average molecular weight is 407 g/mol. The van der Waals surface area contributed by atoms with Gasteiger partial charge >= 0.3 is 5.97 Å². The van der Waals surface area contributed by atoms with E-state index in [9.17, 15) is 14.9 Å². The number of hydrogen-bond donors (Lipinski definition) is 0. The van der Waals surface area contributed by atoms with Crippen LogP contribution in [0, 0.1) is 16.0 Å². The van der Waals surface area contributed by atoms with Crippen LogP contribution in [-0.4, -0.2) is 43.8 Å². The van der Waals surface area contributed by atoms with Crippen molar-refractivity contribution in [2.75, 3.05) is 25.7 Å². The molecule has 0 heterocycles. The Morgan fingerprint density at radius 1 is 1.21 bits per heavy atom. The van der Waals surface area contributed by atoms with Gasteiger partial charge in [-0.1, -0.05) is 26.8 Å². The molecule has 7 nitrogen and oxygen atoms in total. The van der Waals surface area contributed by atoms with E-state index in [2.05, 4.69) is 18.7 Å². The van der Waals surface area contributed by atoms with Gasteiger partial charge < -0.3 is 14.4 Å². The van der Waals surface area contributed by atoms with Crippen molar-refractivity contribution in [3.05, 3.63) is 33.9 Å². The Morgan fingerprint density at radius 3 is 2.38 bits per heavy atom. The number of hydrogen-bond acceptors (Lipinski definition) is 6. The highest BCUT2D eigenvalue weighted by molar-refractivity contribution is 5.71. The maximum atomic E-state index is 11.9. The lowest BCUT2D eigenvalue weighted by molar-refractivity contribution is -0.384. The van der Waals surface area contributed by atoms with E-state index < -0.39 is 0 Å². The molecular formula is C22H34N2O5. The monoisotopic (exact) mass is 406 g/mol. The summed E-state index contributed by atoms with van der Waals surface area (Å²) in [5, 5.41) is 11.9. The van der Waals surface area contributed by atoms with E-state index in [-0.39, 0.29) is 41.1 Å². The SMILES string of the molecule is COC(=O)CC(C)c1ccc(N(CC(C)C)C2CCC(OC)CC2)c([N+](=O)[O-])c1. The lowest BCUT2D eigenvalue weighted by Crippen LogP contribution is -2.41. The van der Waals surface area contributed by atoms with Gasteiger partial charge in [0.25, 0.3) is 5.69 Å². The van der Waals surface area contributed by atoms with Crippen molar-refractivity contribution in [1.82, 2.24) is 0 Å². The molecule has 0 spiro atoms. The van der Waals surface area contributed by atoms with Gasteiger partial charge in [0.05, 0.1) is 24.6 Å². The van der Waals surface area contributed by atoms with Crippen molar-refractivity contribution in [1.29, 1.82) is 0 Å². The van der Waals surface area contributed by atoms with Crippen LogP contribution in [0.25, 0.3) is 0 Å². The van der Waals surface area contributed by atoms with Crippen LogP contribution in [0.2, 0.25) is 0 Å². The molecule has 1 unspecified atom stereocenters. The molecule has 1 aliphatic rings. The molecule has 162 valence electrons. The van der Waals surface area contributed by atoms with Crippen LogP contribution in [-0.2, 0) is 14.3 Å². The normalized spacial score (nSPS) is 20.3. The Balaban J connectivity index is 2.34. The van der Waals surface area contributed by atoms with E-state index in [1.165, 1.54) is 7.11 Å². The summed E-state index contributed by atoms with van der Waals surface area (Å²) in [7, 11) is 3.10. The van der Waals surface area contributed by atoms with Crippen LogP contribution in [0.3, 0.4) is 0 Å². The first-order chi connectivity index (χ1) is 13.8. The van der Waals surface area contributed by atoms with E-state index in [0.29, 0.717) is 11.6 Å². The molecule has 1 saturated carbocycles. The van der Waals surface area contributed by atoms with E-state index >= 15 is 0 Å². The predicted molar refractivity (Wildman–Crippen MR) is 113 cm³/mol. The molecule has 1 aromatic carbocycles. The van der Waals surface area contributed by atoms with Crippen LogP contribution in [0.15, 0.2) is 18.2 Å². The third kappa shape index (κ3) is 6.16. The second kappa shape index (κ2) is 10.6. The zero-order chi connectivity index (χ0) is 21.6. The molecule has 2 rings (SSSR count). The fourth-order valence-corrected chi connectivity index (χ4v) is 4.12. The first-order valence-corrected chi connectivity index (χ1v) is 10.4. The van der Waals surface area contributed by atoms with Gasteiger partial charge in [-0.25, -0.2) is 0 Å². The van der Waals surface area contributed by atoms with Gasteiger partial charge in [-0.15, -0.1) is 0 Å². The van der Waals surface area contributed by atoms with E-state index in [1.54, 1.807) is 13.2 Å². The number of ether oxygens (including phenoxy) is 2. The van der Waals surface area contributed by atoms with Gasteiger partial charge in [0, 0.05) is 25.8 Å². The van der Waals surface area contributed by atoms with Crippen molar-refractivity contribution in [3.8, 4) is 0 Å². The first-order valence-electron chi connectivity index (χ1n) is 10.4. The fourth-order valence-electron chi connectivity index (χ4n) is 4.12. The molecule has 29 heavy (non-hydrogen) atoms. The molecule has 1 aromatic rings. The van der Waals surface area contributed by atoms with Crippen molar-refractivity contribution in [3.63, 3.8) is 0 Å².